The summed E-state index contributed by atoms with van der Waals surface area (Å²) in [6.07, 6.45) is 3.19. The van der Waals surface area contributed by atoms with E-state index in [1.54, 1.807) is 24.3 Å². The highest BCUT2D eigenvalue weighted by atomic mass is 16.5. The first-order chi connectivity index (χ1) is 14.4. The molecule has 2 aromatic rings. The fraction of sp³-hybridized carbons (Fsp3) is 0.273. The van der Waals surface area contributed by atoms with E-state index in [-0.39, 0.29) is 18.6 Å². The van der Waals surface area contributed by atoms with Gasteiger partial charge in [0.2, 0.25) is 0 Å². The molecule has 3 N–H and O–H groups in total. The molecule has 1 aliphatic carbocycles. The number of ether oxygens (including phenoxy) is 1. The Morgan fingerprint density at radius 1 is 1.10 bits per heavy atom. The number of nitrogens with one attached hydrogen (secondary N) is 3. The highest BCUT2D eigenvalue weighted by molar-refractivity contribution is 6.35. The third-order valence-corrected chi connectivity index (χ3v) is 4.38. The lowest BCUT2D eigenvalue weighted by molar-refractivity contribution is -0.139. The molecule has 0 aliphatic heterocycles. The molecule has 0 spiro atoms. The maximum Gasteiger partial charge on any atom is 0.329 e. The van der Waals surface area contributed by atoms with Crippen LogP contribution in [0.4, 0.5) is 5.69 Å². The number of aryl methyl sites for hydroxylation is 2. The number of nitrogens with zero attached hydrogens (tertiary/aromatic N) is 1. The Balaban J connectivity index is 1.47. The van der Waals surface area contributed by atoms with Crippen molar-refractivity contribution in [3.8, 4) is 5.75 Å². The number of carbonyl (C=O) groups excluding carboxylic acids is 3. The van der Waals surface area contributed by atoms with Gasteiger partial charge in [-0.15, -0.1) is 0 Å². The lowest BCUT2D eigenvalue weighted by Gasteiger charge is -2.10. The highest BCUT2D eigenvalue weighted by Gasteiger charge is 2.26. The van der Waals surface area contributed by atoms with Gasteiger partial charge < -0.3 is 15.4 Å². The number of hydrazone groups is 1. The molecule has 3 rings (SSSR count). The van der Waals surface area contributed by atoms with Gasteiger partial charge in [0.25, 0.3) is 5.91 Å². The van der Waals surface area contributed by atoms with E-state index in [2.05, 4.69) is 21.2 Å². The van der Waals surface area contributed by atoms with Crippen LogP contribution in [-0.2, 0) is 14.4 Å². The predicted octanol–water partition coefficient (Wildman–Crippen LogP) is 2.05. The van der Waals surface area contributed by atoms with Crippen LogP contribution >= 0.6 is 0 Å². The Morgan fingerprint density at radius 2 is 1.90 bits per heavy atom. The second kappa shape index (κ2) is 9.69. The van der Waals surface area contributed by atoms with E-state index in [0.717, 1.165) is 29.7 Å². The minimum Gasteiger partial charge on any atom is -0.484 e. The maximum absolute atomic E-state index is 12.2. The van der Waals surface area contributed by atoms with Gasteiger partial charge >= 0.3 is 11.8 Å². The second-order valence-corrected chi connectivity index (χ2v) is 7.17. The van der Waals surface area contributed by atoms with Crippen molar-refractivity contribution in [1.82, 2.24) is 10.7 Å². The van der Waals surface area contributed by atoms with Crippen LogP contribution in [0.15, 0.2) is 47.6 Å². The zero-order chi connectivity index (χ0) is 21.5. The Morgan fingerprint density at radius 3 is 2.63 bits per heavy atom. The highest BCUT2D eigenvalue weighted by Crippen LogP contribution is 2.18. The number of rotatable bonds is 7. The van der Waals surface area contributed by atoms with Crippen molar-refractivity contribution in [3.63, 3.8) is 0 Å². The molecule has 0 heterocycles. The summed E-state index contributed by atoms with van der Waals surface area (Å²) in [4.78, 5) is 35.3. The molecule has 0 unspecified atom stereocenters. The number of benzene rings is 2. The predicted molar refractivity (Wildman–Crippen MR) is 113 cm³/mol. The van der Waals surface area contributed by atoms with Gasteiger partial charge in [0.15, 0.2) is 6.61 Å². The zero-order valence-electron chi connectivity index (χ0n) is 16.9. The van der Waals surface area contributed by atoms with Crippen LogP contribution < -0.4 is 20.8 Å². The van der Waals surface area contributed by atoms with Gasteiger partial charge in [-0.1, -0.05) is 29.8 Å². The monoisotopic (exact) mass is 408 g/mol. The number of hydrogen-bond acceptors (Lipinski definition) is 5. The van der Waals surface area contributed by atoms with Crippen molar-refractivity contribution in [3.05, 3.63) is 59.2 Å². The van der Waals surface area contributed by atoms with Gasteiger partial charge in [-0.2, -0.15) is 5.10 Å². The van der Waals surface area contributed by atoms with Crippen molar-refractivity contribution in [1.29, 1.82) is 0 Å². The van der Waals surface area contributed by atoms with Crippen LogP contribution in [0.1, 0.15) is 29.5 Å². The first-order valence-electron chi connectivity index (χ1n) is 9.64. The molecule has 1 fully saturated rings. The standard InChI is InChI=1S/C22H24N4O4/c1-14-6-9-19(15(2)10-14)25-20(27)13-30-18-5-3-4-16(11-18)12-23-26-22(29)21(28)24-17-7-8-17/h3-6,9-12,17H,7-8,13H2,1-2H3,(H,24,28)(H,25,27)(H,26,29)/b23-12-. The number of anilines is 1. The molecule has 0 saturated heterocycles. The van der Waals surface area contributed by atoms with Crippen LogP contribution in [0.3, 0.4) is 0 Å². The zero-order valence-corrected chi connectivity index (χ0v) is 16.9. The fourth-order valence-electron chi connectivity index (χ4n) is 2.67. The van der Waals surface area contributed by atoms with E-state index < -0.39 is 11.8 Å². The van der Waals surface area contributed by atoms with Crippen LogP contribution in [0.2, 0.25) is 0 Å². The molecule has 156 valence electrons. The summed E-state index contributed by atoms with van der Waals surface area (Å²) in [6.45, 7) is 3.78. The van der Waals surface area contributed by atoms with E-state index in [1.165, 1.54) is 6.21 Å². The van der Waals surface area contributed by atoms with E-state index in [0.29, 0.717) is 11.3 Å². The first-order valence-corrected chi connectivity index (χ1v) is 9.64. The lowest BCUT2D eigenvalue weighted by Crippen LogP contribution is -2.38. The van der Waals surface area contributed by atoms with Gasteiger partial charge in [-0.3, -0.25) is 14.4 Å². The molecule has 8 nitrogen and oxygen atoms in total. The molecule has 0 atom stereocenters. The molecule has 30 heavy (non-hydrogen) atoms. The Kier molecular flexibility index (Phi) is 6.79. The van der Waals surface area contributed by atoms with Gasteiger partial charge in [0.1, 0.15) is 5.75 Å². The Labute approximate surface area is 174 Å². The van der Waals surface area contributed by atoms with E-state index >= 15 is 0 Å². The van der Waals surface area contributed by atoms with Crippen LogP contribution in [0.25, 0.3) is 0 Å². The molecule has 0 bridgehead atoms. The Hall–Kier alpha value is -3.68. The summed E-state index contributed by atoms with van der Waals surface area (Å²) in [5.41, 5.74) is 5.68. The van der Waals surface area contributed by atoms with Crippen molar-refractivity contribution < 1.29 is 19.1 Å². The maximum atomic E-state index is 12.2. The summed E-state index contributed by atoms with van der Waals surface area (Å²) in [7, 11) is 0. The quantitative estimate of drug-likeness (QED) is 0.370. The number of amides is 3. The number of hydrogen-bond donors (Lipinski definition) is 3. The van der Waals surface area contributed by atoms with Gasteiger partial charge in [0, 0.05) is 11.7 Å². The van der Waals surface area contributed by atoms with Crippen LogP contribution in [-0.4, -0.2) is 36.6 Å². The Bertz CT molecular complexity index is 983. The van der Waals surface area contributed by atoms with Crippen molar-refractivity contribution in [2.45, 2.75) is 32.7 Å². The van der Waals surface area contributed by atoms with E-state index in [1.807, 2.05) is 32.0 Å². The SMILES string of the molecule is Cc1ccc(NC(=O)COc2cccc(/C=N\NC(=O)C(=O)NC3CC3)c2)c(C)c1. The smallest absolute Gasteiger partial charge is 0.329 e. The van der Waals surface area contributed by atoms with Gasteiger partial charge in [-0.05, 0) is 56.0 Å². The molecule has 0 aromatic heterocycles. The summed E-state index contributed by atoms with van der Waals surface area (Å²) >= 11 is 0. The van der Waals surface area contributed by atoms with Crippen molar-refractivity contribution in [2.75, 3.05) is 11.9 Å². The van der Waals surface area contributed by atoms with Crippen molar-refractivity contribution >= 4 is 29.6 Å². The molecule has 1 aliphatic rings. The summed E-state index contributed by atoms with van der Waals surface area (Å²) in [5.74, 6) is -1.29. The average Bonchev–Trinajstić information content (AvgIpc) is 3.53. The second-order valence-electron chi connectivity index (χ2n) is 7.17. The summed E-state index contributed by atoms with van der Waals surface area (Å²) < 4.78 is 5.54. The third kappa shape index (κ3) is 6.44. The lowest BCUT2D eigenvalue weighted by atomic mass is 10.1. The topological polar surface area (TPSA) is 109 Å². The minimum absolute atomic E-state index is 0.105. The van der Waals surface area contributed by atoms with Crippen LogP contribution in [0, 0.1) is 13.8 Å². The summed E-state index contributed by atoms with van der Waals surface area (Å²) in [5, 5.41) is 9.18. The van der Waals surface area contributed by atoms with Gasteiger partial charge in [-0.25, -0.2) is 5.43 Å². The van der Waals surface area contributed by atoms with E-state index in [4.69, 9.17) is 4.74 Å². The molecule has 1 saturated carbocycles. The molecular weight excluding hydrogens is 384 g/mol. The summed E-state index contributed by atoms with van der Waals surface area (Å²) in [6, 6.07) is 12.8. The molecular formula is C22H24N4O4. The first kappa shape index (κ1) is 21.0. The molecule has 0 radical (unpaired) electrons. The van der Waals surface area contributed by atoms with Crippen molar-refractivity contribution in [2.24, 2.45) is 5.10 Å². The normalized spacial score (nSPS) is 13.0. The van der Waals surface area contributed by atoms with E-state index in [9.17, 15) is 14.4 Å². The molecule has 3 amide bonds. The minimum atomic E-state index is -0.811. The fourth-order valence-corrected chi connectivity index (χ4v) is 2.67. The number of carbonyl (C=O) groups is 3. The van der Waals surface area contributed by atoms with Gasteiger partial charge in [0.05, 0.1) is 6.21 Å². The molecule has 2 aromatic carbocycles. The molecule has 8 heteroatoms. The van der Waals surface area contributed by atoms with Crippen LogP contribution in [0.5, 0.6) is 5.75 Å². The average molecular weight is 408 g/mol. The largest absolute Gasteiger partial charge is 0.484 e. The third-order valence-electron chi connectivity index (χ3n) is 4.38.